The highest BCUT2D eigenvalue weighted by Crippen LogP contribution is 2.59. The molecule has 0 fully saturated rings. The van der Waals surface area contributed by atoms with Gasteiger partial charge in [0, 0.05) is 48.0 Å². The lowest BCUT2D eigenvalue weighted by Gasteiger charge is -2.33. The number of allylic oxidation sites excluding steroid dienone is 8. The molecule has 1 unspecified atom stereocenters. The van der Waals surface area contributed by atoms with Crippen molar-refractivity contribution in [3.8, 4) is 11.1 Å². The minimum atomic E-state index is -0.0684. The first kappa shape index (κ1) is 29.7. The predicted octanol–water partition coefficient (Wildman–Crippen LogP) is 13.1. The highest BCUT2D eigenvalue weighted by Gasteiger charge is 2.41. The molecule has 5 aromatic rings. The second-order valence-electron chi connectivity index (χ2n) is 13.6. The van der Waals surface area contributed by atoms with E-state index in [1.54, 1.807) is 0 Å². The van der Waals surface area contributed by atoms with Gasteiger partial charge in [-0.05, 0) is 107 Å². The molecule has 1 atom stereocenters. The molecule has 0 amide bonds. The normalized spacial score (nSPS) is 18.5. The van der Waals surface area contributed by atoms with Gasteiger partial charge in [-0.3, -0.25) is 0 Å². The predicted molar refractivity (Wildman–Crippen MR) is 204 cm³/mol. The number of rotatable bonds is 5. The summed E-state index contributed by atoms with van der Waals surface area (Å²) in [6.45, 7) is 4.85. The van der Waals surface area contributed by atoms with Gasteiger partial charge in [-0.15, -0.1) is 0 Å². The van der Waals surface area contributed by atoms with Crippen molar-refractivity contribution < 1.29 is 0 Å². The zero-order chi connectivity index (χ0) is 32.2. The summed E-state index contributed by atoms with van der Waals surface area (Å²) in [5.41, 5.74) is 13.5. The average molecular weight is 656 g/mol. The fourth-order valence-electron chi connectivity index (χ4n) is 7.88. The van der Waals surface area contributed by atoms with Gasteiger partial charge in [0.25, 0.3) is 0 Å². The summed E-state index contributed by atoms with van der Waals surface area (Å²) in [6.07, 6.45) is 14.5. The summed E-state index contributed by atoms with van der Waals surface area (Å²) >= 11 is 3.89. The maximum absolute atomic E-state index is 2.54. The number of benzene rings is 5. The van der Waals surface area contributed by atoms with E-state index in [-0.39, 0.29) is 5.41 Å². The lowest BCUT2D eigenvalue weighted by atomic mass is 9.79. The molecule has 1 heterocycles. The third kappa shape index (κ3) is 5.03. The van der Waals surface area contributed by atoms with Gasteiger partial charge in [0.2, 0.25) is 0 Å². The summed E-state index contributed by atoms with van der Waals surface area (Å²) in [4.78, 5) is 8.08. The monoisotopic (exact) mass is 655 g/mol. The Morgan fingerprint density at radius 2 is 1.33 bits per heavy atom. The second-order valence-corrected chi connectivity index (χ2v) is 15.8. The van der Waals surface area contributed by atoms with Gasteiger partial charge in [0.15, 0.2) is 0 Å². The van der Waals surface area contributed by atoms with E-state index in [0.29, 0.717) is 5.92 Å². The molecule has 234 valence electrons. The van der Waals surface area contributed by atoms with E-state index < -0.39 is 0 Å². The van der Waals surface area contributed by atoms with Crippen LogP contribution in [-0.2, 0) is 5.41 Å². The van der Waals surface area contributed by atoms with E-state index in [2.05, 4.69) is 164 Å². The van der Waals surface area contributed by atoms with Crippen LogP contribution in [-0.4, -0.2) is 0 Å². The van der Waals surface area contributed by atoms with Crippen LogP contribution in [0.25, 0.3) is 16.7 Å². The summed E-state index contributed by atoms with van der Waals surface area (Å²) in [7, 11) is 0. The second kappa shape index (κ2) is 11.9. The van der Waals surface area contributed by atoms with E-state index in [4.69, 9.17) is 0 Å². The summed E-state index contributed by atoms with van der Waals surface area (Å²) < 4.78 is 0. The van der Waals surface area contributed by atoms with Crippen LogP contribution in [0.15, 0.2) is 176 Å². The summed E-state index contributed by atoms with van der Waals surface area (Å²) in [6, 6.07) is 42.8. The number of hydrogen-bond donors (Lipinski definition) is 0. The number of hydrogen-bond acceptors (Lipinski definition) is 3. The Labute approximate surface area is 292 Å². The molecule has 0 spiro atoms. The van der Waals surface area contributed by atoms with E-state index in [9.17, 15) is 0 Å². The van der Waals surface area contributed by atoms with E-state index in [0.717, 1.165) is 19.3 Å². The highest BCUT2D eigenvalue weighted by molar-refractivity contribution is 8.05. The molecule has 0 saturated carbocycles. The first-order valence-corrected chi connectivity index (χ1v) is 18.6. The summed E-state index contributed by atoms with van der Waals surface area (Å²) in [5.74, 6) is 0.441. The van der Waals surface area contributed by atoms with Gasteiger partial charge in [0.05, 0.1) is 0 Å². The standard InChI is InChI=1S/C45H37NS2/c1-45(2)38-27-28-42-44(48-41-16-10-9-15-40(41)47-42)43(38)37-26-25-36(29-39(37)45)46(34-21-17-32(18-22-34)30-11-5-3-6-12-30)35-23-19-33(20-24-35)31-13-7-4-8-14-31/h3-13,15-24,27-29,31H,14,25-26H2,1-2H3. The van der Waals surface area contributed by atoms with Crippen molar-refractivity contribution in [3.63, 3.8) is 0 Å². The molecule has 0 saturated heterocycles. The smallest absolute Gasteiger partial charge is 0.0458 e. The van der Waals surface area contributed by atoms with Crippen LogP contribution in [0.5, 0.6) is 0 Å². The Morgan fingerprint density at radius 3 is 2.06 bits per heavy atom. The van der Waals surface area contributed by atoms with E-state index in [1.807, 2.05) is 23.5 Å². The highest BCUT2D eigenvalue weighted by atomic mass is 32.2. The van der Waals surface area contributed by atoms with Crippen LogP contribution in [0, 0.1) is 0 Å². The maximum Gasteiger partial charge on any atom is 0.0458 e. The first-order chi connectivity index (χ1) is 23.5. The molecule has 5 aromatic carbocycles. The topological polar surface area (TPSA) is 3.24 Å². The number of fused-ring (bicyclic) bond motifs is 5. The minimum absolute atomic E-state index is 0.0684. The molecule has 0 radical (unpaired) electrons. The van der Waals surface area contributed by atoms with E-state index >= 15 is 0 Å². The first-order valence-electron chi connectivity index (χ1n) is 17.0. The molecule has 0 N–H and O–H groups in total. The van der Waals surface area contributed by atoms with E-state index in [1.165, 1.54) is 75.6 Å². The molecule has 3 heteroatoms. The fraction of sp³-hybridized carbons (Fsp3) is 0.156. The molecule has 9 rings (SSSR count). The van der Waals surface area contributed by atoms with Crippen LogP contribution in [0.3, 0.4) is 0 Å². The Balaban J connectivity index is 1.13. The van der Waals surface area contributed by atoms with Crippen molar-refractivity contribution in [2.45, 2.75) is 64.0 Å². The van der Waals surface area contributed by atoms with Crippen LogP contribution in [0.4, 0.5) is 11.4 Å². The molecular weight excluding hydrogens is 619 g/mol. The molecule has 0 aromatic heterocycles. The molecule has 3 aliphatic carbocycles. The lowest BCUT2D eigenvalue weighted by Crippen LogP contribution is -2.22. The van der Waals surface area contributed by atoms with Gasteiger partial charge in [-0.1, -0.05) is 134 Å². The average Bonchev–Trinajstić information content (AvgIpc) is 3.38. The van der Waals surface area contributed by atoms with Gasteiger partial charge < -0.3 is 4.90 Å². The SMILES string of the molecule is CC1(C)C2=C(CCC(N(c3ccc(-c4ccccc4)cc3)c3ccc(C4C=CC=CC4)cc3)=C2)c2c1ccc1c2Sc2ccccc2S1. The van der Waals surface area contributed by atoms with Crippen LogP contribution in [0.1, 0.15) is 55.7 Å². The van der Waals surface area contributed by atoms with Crippen molar-refractivity contribution in [2.75, 3.05) is 4.90 Å². The van der Waals surface area contributed by atoms with Crippen LogP contribution < -0.4 is 4.90 Å². The quantitative estimate of drug-likeness (QED) is 0.182. The van der Waals surface area contributed by atoms with Crippen LogP contribution >= 0.6 is 23.5 Å². The van der Waals surface area contributed by atoms with Crippen LogP contribution in [0.2, 0.25) is 0 Å². The zero-order valence-electron chi connectivity index (χ0n) is 27.3. The molecule has 48 heavy (non-hydrogen) atoms. The van der Waals surface area contributed by atoms with Gasteiger partial charge >= 0.3 is 0 Å². The fourth-order valence-corrected chi connectivity index (χ4v) is 10.3. The Morgan fingerprint density at radius 1 is 0.646 bits per heavy atom. The largest absolute Gasteiger partial charge is 0.314 e. The molecule has 4 aliphatic rings. The number of anilines is 2. The molecule has 0 bridgehead atoms. The van der Waals surface area contributed by atoms with Gasteiger partial charge in [-0.2, -0.15) is 0 Å². The Hall–Kier alpha value is -4.44. The maximum atomic E-state index is 2.54. The Kier molecular flexibility index (Phi) is 7.37. The molecule has 1 aliphatic heterocycles. The van der Waals surface area contributed by atoms with Crippen molar-refractivity contribution in [3.05, 3.63) is 174 Å². The third-order valence-corrected chi connectivity index (χ3v) is 13.0. The van der Waals surface area contributed by atoms with Crippen molar-refractivity contribution in [2.24, 2.45) is 0 Å². The zero-order valence-corrected chi connectivity index (χ0v) is 29.0. The van der Waals surface area contributed by atoms with Gasteiger partial charge in [0.1, 0.15) is 0 Å². The third-order valence-electron chi connectivity index (χ3n) is 10.4. The minimum Gasteiger partial charge on any atom is -0.314 e. The van der Waals surface area contributed by atoms with Crippen molar-refractivity contribution >= 4 is 40.5 Å². The molecular formula is C45H37NS2. The summed E-state index contributed by atoms with van der Waals surface area (Å²) in [5, 5.41) is 0. The Bertz CT molecular complexity index is 2170. The molecule has 1 nitrogen and oxygen atoms in total. The van der Waals surface area contributed by atoms with Crippen molar-refractivity contribution in [1.82, 2.24) is 0 Å². The number of nitrogens with zero attached hydrogens (tertiary/aromatic N) is 1. The lowest BCUT2D eigenvalue weighted by molar-refractivity contribution is 0.646. The van der Waals surface area contributed by atoms with Gasteiger partial charge in [-0.25, -0.2) is 0 Å². The van der Waals surface area contributed by atoms with Crippen molar-refractivity contribution in [1.29, 1.82) is 0 Å².